The lowest BCUT2D eigenvalue weighted by molar-refractivity contribution is -0.141. The van der Waals surface area contributed by atoms with Gasteiger partial charge < -0.3 is 19.6 Å². The van der Waals surface area contributed by atoms with E-state index in [2.05, 4.69) is 15.3 Å². The summed E-state index contributed by atoms with van der Waals surface area (Å²) in [5.74, 6) is 0.286. The Balaban J connectivity index is 1.65. The van der Waals surface area contributed by atoms with E-state index in [0.717, 1.165) is 18.4 Å². The number of imidazole rings is 1. The number of nitrogens with one attached hydrogen (secondary N) is 2. The Morgan fingerprint density at radius 2 is 2.07 bits per heavy atom. The van der Waals surface area contributed by atoms with Crippen molar-refractivity contribution >= 4 is 46.0 Å². The van der Waals surface area contributed by atoms with Crippen LogP contribution in [0.1, 0.15) is 25.3 Å². The van der Waals surface area contributed by atoms with Gasteiger partial charge in [0.1, 0.15) is 11.3 Å². The lowest BCUT2D eigenvalue weighted by atomic mass is 10.2. The average molecular weight is 423 g/mol. The maximum Gasteiger partial charge on any atom is 0.302 e. The number of aromatic nitrogens is 3. The number of anilines is 1. The minimum atomic E-state index is -0.287. The molecule has 0 saturated heterocycles. The number of carbonyl (C=O) groups excluding carboxylic acids is 1. The Morgan fingerprint density at radius 1 is 1.25 bits per heavy atom. The number of pyridine rings is 1. The molecule has 2 heterocycles. The molecule has 148 valence electrons. The van der Waals surface area contributed by atoms with E-state index in [4.69, 9.17) is 27.9 Å². The monoisotopic (exact) mass is 422 g/mol. The molecule has 0 aliphatic rings. The van der Waals surface area contributed by atoms with E-state index in [-0.39, 0.29) is 11.5 Å². The van der Waals surface area contributed by atoms with Crippen LogP contribution in [0.15, 0.2) is 35.4 Å². The minimum absolute atomic E-state index is 0.216. The maximum absolute atomic E-state index is 12.5. The van der Waals surface area contributed by atoms with Crippen LogP contribution in [-0.2, 0) is 22.6 Å². The maximum atomic E-state index is 12.5. The molecular formula is C19H20Cl2N4O3. The summed E-state index contributed by atoms with van der Waals surface area (Å²) in [5.41, 5.74) is 1.85. The molecular weight excluding hydrogens is 403 g/mol. The van der Waals surface area contributed by atoms with Gasteiger partial charge in [-0.05, 0) is 30.5 Å². The summed E-state index contributed by atoms with van der Waals surface area (Å²) in [4.78, 5) is 30.4. The lowest BCUT2D eigenvalue weighted by Crippen LogP contribution is -2.14. The molecule has 0 aliphatic heterocycles. The summed E-state index contributed by atoms with van der Waals surface area (Å²) in [5, 5.41) is 4.15. The van der Waals surface area contributed by atoms with E-state index in [1.165, 1.54) is 6.92 Å². The molecule has 2 N–H and O–H groups in total. The van der Waals surface area contributed by atoms with Crippen LogP contribution in [0.25, 0.3) is 11.0 Å². The summed E-state index contributed by atoms with van der Waals surface area (Å²) in [6.07, 6.45) is 3.14. The average Bonchev–Trinajstić information content (AvgIpc) is 3.06. The minimum Gasteiger partial charge on any atom is -0.466 e. The van der Waals surface area contributed by atoms with Crippen LogP contribution in [0, 0.1) is 0 Å². The van der Waals surface area contributed by atoms with Crippen LogP contribution >= 0.6 is 23.2 Å². The molecule has 0 unspecified atom stereocenters. The lowest BCUT2D eigenvalue weighted by Gasteiger charge is -2.08. The molecule has 0 radical (unpaired) electrons. The molecule has 1 aromatic carbocycles. The van der Waals surface area contributed by atoms with Crippen LogP contribution < -0.4 is 10.9 Å². The summed E-state index contributed by atoms with van der Waals surface area (Å²) in [6.45, 7) is 2.86. The van der Waals surface area contributed by atoms with Gasteiger partial charge in [0.25, 0.3) is 5.56 Å². The van der Waals surface area contributed by atoms with Crippen LogP contribution in [0.5, 0.6) is 0 Å². The van der Waals surface area contributed by atoms with Gasteiger partial charge in [0, 0.05) is 26.1 Å². The summed E-state index contributed by atoms with van der Waals surface area (Å²) in [7, 11) is 0. The van der Waals surface area contributed by atoms with Gasteiger partial charge in [0.15, 0.2) is 0 Å². The van der Waals surface area contributed by atoms with E-state index >= 15 is 0 Å². The molecule has 3 rings (SSSR count). The highest BCUT2D eigenvalue weighted by Crippen LogP contribution is 2.23. The Kier molecular flexibility index (Phi) is 6.59. The first-order chi connectivity index (χ1) is 13.4. The van der Waals surface area contributed by atoms with Crippen molar-refractivity contribution in [3.8, 4) is 0 Å². The number of ether oxygens (including phenoxy) is 1. The number of hydrogen-bond donors (Lipinski definition) is 2. The number of rotatable bonds is 8. The van der Waals surface area contributed by atoms with Crippen molar-refractivity contribution in [3.05, 3.63) is 56.6 Å². The predicted molar refractivity (Wildman–Crippen MR) is 110 cm³/mol. The zero-order valence-electron chi connectivity index (χ0n) is 15.3. The van der Waals surface area contributed by atoms with E-state index in [1.807, 2.05) is 10.6 Å². The molecule has 9 heteroatoms. The fraction of sp³-hybridized carbons (Fsp3) is 0.316. The van der Waals surface area contributed by atoms with Gasteiger partial charge in [-0.3, -0.25) is 9.59 Å². The summed E-state index contributed by atoms with van der Waals surface area (Å²) < 4.78 is 6.72. The number of carbonyl (C=O) groups is 1. The fourth-order valence-corrected chi connectivity index (χ4v) is 3.14. The second-order valence-corrected chi connectivity index (χ2v) is 7.15. The first-order valence-corrected chi connectivity index (χ1v) is 9.59. The molecule has 0 fully saturated rings. The van der Waals surface area contributed by atoms with Crippen molar-refractivity contribution in [2.45, 2.75) is 32.9 Å². The molecule has 2 aromatic heterocycles. The highest BCUT2D eigenvalue weighted by molar-refractivity contribution is 6.42. The molecule has 0 amide bonds. The molecule has 7 nitrogen and oxygen atoms in total. The van der Waals surface area contributed by atoms with E-state index in [1.54, 1.807) is 24.5 Å². The number of unbranched alkanes of at least 4 members (excludes halogenated alkanes) is 1. The topological polar surface area (TPSA) is 89.0 Å². The highest BCUT2D eigenvalue weighted by Gasteiger charge is 2.09. The zero-order valence-corrected chi connectivity index (χ0v) is 16.8. The Labute approximate surface area is 171 Å². The van der Waals surface area contributed by atoms with Gasteiger partial charge >= 0.3 is 5.97 Å². The Bertz CT molecular complexity index is 1050. The quantitative estimate of drug-likeness (QED) is 0.423. The molecule has 3 aromatic rings. The van der Waals surface area contributed by atoms with Crippen molar-refractivity contribution in [2.24, 2.45) is 0 Å². The number of aryl methyl sites for hydroxylation is 1. The van der Waals surface area contributed by atoms with Crippen molar-refractivity contribution in [2.75, 3.05) is 11.9 Å². The third-order valence-electron chi connectivity index (χ3n) is 4.18. The standard InChI is InChI=1S/C19H20Cl2N4O3/c1-12(26)28-7-3-2-6-25-11-23-16-9-17(24-19(27)18(16)25)22-10-13-4-5-14(20)15(21)8-13/h4-5,8-9,11H,2-3,6-7,10H2,1H3,(H2,22,24,27). The zero-order chi connectivity index (χ0) is 20.1. The third kappa shape index (κ3) is 5.05. The van der Waals surface area contributed by atoms with Crippen molar-refractivity contribution in [3.63, 3.8) is 0 Å². The summed E-state index contributed by atoms with van der Waals surface area (Å²) >= 11 is 11.9. The first kappa shape index (κ1) is 20.2. The van der Waals surface area contributed by atoms with Crippen LogP contribution in [-0.4, -0.2) is 27.1 Å². The normalized spacial score (nSPS) is 11.0. The van der Waals surface area contributed by atoms with Crippen molar-refractivity contribution < 1.29 is 9.53 Å². The highest BCUT2D eigenvalue weighted by atomic mass is 35.5. The second-order valence-electron chi connectivity index (χ2n) is 6.33. The molecule has 0 atom stereocenters. The van der Waals surface area contributed by atoms with Gasteiger partial charge in [0.2, 0.25) is 0 Å². The number of nitrogens with zero attached hydrogens (tertiary/aromatic N) is 2. The van der Waals surface area contributed by atoms with Crippen LogP contribution in [0.3, 0.4) is 0 Å². The Hall–Kier alpha value is -2.51. The number of hydrogen-bond acceptors (Lipinski definition) is 5. The third-order valence-corrected chi connectivity index (χ3v) is 4.92. The van der Waals surface area contributed by atoms with Gasteiger partial charge in [0.05, 0.1) is 28.5 Å². The van der Waals surface area contributed by atoms with Gasteiger partial charge in [-0.1, -0.05) is 29.3 Å². The van der Waals surface area contributed by atoms with E-state index < -0.39 is 0 Å². The number of esters is 1. The van der Waals surface area contributed by atoms with E-state index in [0.29, 0.717) is 46.6 Å². The van der Waals surface area contributed by atoms with Gasteiger partial charge in [-0.2, -0.15) is 0 Å². The van der Waals surface area contributed by atoms with Crippen LogP contribution in [0.2, 0.25) is 10.0 Å². The number of H-pyrrole nitrogens is 1. The van der Waals surface area contributed by atoms with Gasteiger partial charge in [-0.25, -0.2) is 4.98 Å². The smallest absolute Gasteiger partial charge is 0.302 e. The fourth-order valence-electron chi connectivity index (χ4n) is 2.82. The molecule has 0 aliphatic carbocycles. The number of benzene rings is 1. The number of fused-ring (bicyclic) bond motifs is 1. The molecule has 0 saturated carbocycles. The largest absolute Gasteiger partial charge is 0.466 e. The molecule has 0 spiro atoms. The number of halogens is 2. The second kappa shape index (κ2) is 9.12. The van der Waals surface area contributed by atoms with Crippen molar-refractivity contribution in [1.29, 1.82) is 0 Å². The summed E-state index contributed by atoms with van der Waals surface area (Å²) in [6, 6.07) is 7.17. The number of aromatic amines is 1. The SMILES string of the molecule is CC(=O)OCCCCn1cnc2cc(NCc3ccc(Cl)c(Cl)c3)[nH]c(=O)c21. The molecule has 28 heavy (non-hydrogen) atoms. The van der Waals surface area contributed by atoms with Crippen LogP contribution in [0.4, 0.5) is 5.82 Å². The van der Waals surface area contributed by atoms with E-state index in [9.17, 15) is 9.59 Å². The van der Waals surface area contributed by atoms with Gasteiger partial charge in [-0.15, -0.1) is 0 Å². The molecule has 0 bridgehead atoms. The van der Waals surface area contributed by atoms with Crippen molar-refractivity contribution in [1.82, 2.24) is 14.5 Å². The predicted octanol–water partition coefficient (Wildman–Crippen LogP) is 3.99. The Morgan fingerprint density at radius 3 is 2.82 bits per heavy atom. The first-order valence-electron chi connectivity index (χ1n) is 8.83.